The lowest BCUT2D eigenvalue weighted by Crippen LogP contribution is -1.89. The van der Waals surface area contributed by atoms with E-state index >= 15 is 0 Å². The van der Waals surface area contributed by atoms with Crippen LogP contribution in [0.3, 0.4) is 0 Å². The Balaban J connectivity index is 2.22. The second-order valence-corrected chi connectivity index (χ2v) is 3.86. The molecule has 0 fully saturated rings. The molecule has 0 unspecified atom stereocenters. The van der Waals surface area contributed by atoms with E-state index in [-0.39, 0.29) is 18.4 Å². The molecule has 0 radical (unpaired) electrons. The maximum absolute atomic E-state index is 13.3. The number of aliphatic hydroxyl groups excluding tert-OH is 1. The lowest BCUT2D eigenvalue weighted by atomic mass is 10.3. The van der Waals surface area contributed by atoms with Crippen molar-refractivity contribution in [1.29, 1.82) is 0 Å². The van der Waals surface area contributed by atoms with Crippen LogP contribution >= 0.6 is 15.9 Å². The second-order valence-electron chi connectivity index (χ2n) is 2.94. The molecule has 0 aliphatic heterocycles. The highest BCUT2D eigenvalue weighted by Crippen LogP contribution is 2.26. The summed E-state index contributed by atoms with van der Waals surface area (Å²) in [5, 5.41) is 8.76. The van der Waals surface area contributed by atoms with E-state index in [1.807, 2.05) is 0 Å². The summed E-state index contributed by atoms with van der Waals surface area (Å²) in [6, 6.07) is 4.27. The van der Waals surface area contributed by atoms with Crippen LogP contribution in [0.4, 0.5) is 4.39 Å². The van der Waals surface area contributed by atoms with Crippen molar-refractivity contribution in [3.8, 4) is 11.8 Å². The number of nitrogens with zero attached hydrogens (tertiary/aromatic N) is 1. The number of halogens is 2. The summed E-state index contributed by atoms with van der Waals surface area (Å²) in [6.45, 7) is -0.256. The molecule has 1 aromatic carbocycles. The number of rotatable bonds is 3. The summed E-state index contributed by atoms with van der Waals surface area (Å²) in [4.78, 5) is 3.77. The Hall–Kier alpha value is -1.40. The Kier molecular flexibility index (Phi) is 3.21. The molecule has 0 spiro atoms. The van der Waals surface area contributed by atoms with Gasteiger partial charge in [0.2, 0.25) is 0 Å². The number of aromatic nitrogens is 1. The smallest absolute Gasteiger partial charge is 0.399 e. The van der Waals surface area contributed by atoms with E-state index in [0.717, 1.165) is 0 Å². The molecule has 0 saturated carbocycles. The number of oxazole rings is 1. The first-order chi connectivity index (χ1) is 7.69. The zero-order chi connectivity index (χ0) is 11.5. The van der Waals surface area contributed by atoms with E-state index in [1.54, 1.807) is 6.07 Å². The number of ether oxygens (including phenoxy) is 1. The van der Waals surface area contributed by atoms with Gasteiger partial charge in [0.05, 0.1) is 6.61 Å². The molecular formula is C10H7BrFNO3. The van der Waals surface area contributed by atoms with E-state index in [9.17, 15) is 4.39 Å². The molecule has 0 amide bonds. The van der Waals surface area contributed by atoms with E-state index in [1.165, 1.54) is 18.4 Å². The lowest BCUT2D eigenvalue weighted by molar-refractivity contribution is 0.276. The molecule has 1 N–H and O–H groups in total. The van der Waals surface area contributed by atoms with Crippen molar-refractivity contribution in [2.75, 3.05) is 0 Å². The highest BCUT2D eigenvalue weighted by Gasteiger charge is 2.09. The third kappa shape index (κ3) is 2.40. The topological polar surface area (TPSA) is 55.5 Å². The molecule has 16 heavy (non-hydrogen) atoms. The van der Waals surface area contributed by atoms with Crippen LogP contribution in [0, 0.1) is 5.82 Å². The summed E-state index contributed by atoms with van der Waals surface area (Å²) in [6.07, 6.45) is 1.13. The van der Waals surface area contributed by atoms with Crippen LogP contribution in [0.2, 0.25) is 0 Å². The van der Waals surface area contributed by atoms with Crippen molar-refractivity contribution in [3.05, 3.63) is 40.4 Å². The van der Waals surface area contributed by atoms with Crippen molar-refractivity contribution in [2.24, 2.45) is 0 Å². The van der Waals surface area contributed by atoms with Gasteiger partial charge in [0.1, 0.15) is 12.0 Å². The Labute approximate surface area is 98.8 Å². The maximum atomic E-state index is 13.3. The van der Waals surface area contributed by atoms with E-state index in [2.05, 4.69) is 20.9 Å². The zero-order valence-electron chi connectivity index (χ0n) is 7.98. The molecule has 1 aromatic heterocycles. The highest BCUT2D eigenvalue weighted by molar-refractivity contribution is 9.10. The molecule has 2 aromatic rings. The van der Waals surface area contributed by atoms with Crippen LogP contribution in [-0.4, -0.2) is 10.1 Å². The second kappa shape index (κ2) is 4.63. The Morgan fingerprint density at radius 2 is 2.31 bits per heavy atom. The van der Waals surface area contributed by atoms with Gasteiger partial charge < -0.3 is 14.3 Å². The molecule has 2 rings (SSSR count). The molecule has 0 atom stereocenters. The Bertz CT molecular complexity index is 501. The zero-order valence-corrected chi connectivity index (χ0v) is 9.57. The summed E-state index contributed by atoms with van der Waals surface area (Å²) in [7, 11) is 0. The number of hydrogen-bond donors (Lipinski definition) is 1. The van der Waals surface area contributed by atoms with Crippen molar-refractivity contribution in [3.63, 3.8) is 0 Å². The highest BCUT2D eigenvalue weighted by atomic mass is 79.9. The average molecular weight is 288 g/mol. The van der Waals surface area contributed by atoms with Crippen LogP contribution in [0.1, 0.15) is 5.69 Å². The van der Waals surface area contributed by atoms with Gasteiger partial charge in [-0.25, -0.2) is 4.39 Å². The van der Waals surface area contributed by atoms with Gasteiger partial charge in [-0.3, -0.25) is 0 Å². The van der Waals surface area contributed by atoms with Crippen LogP contribution < -0.4 is 4.74 Å². The summed E-state index contributed by atoms with van der Waals surface area (Å²) >= 11 is 3.19. The van der Waals surface area contributed by atoms with Crippen LogP contribution in [0.25, 0.3) is 0 Å². The average Bonchev–Trinajstić information content (AvgIpc) is 2.71. The lowest BCUT2D eigenvalue weighted by Gasteiger charge is -2.02. The Morgan fingerprint density at radius 3 is 3.00 bits per heavy atom. The third-order valence-corrected chi connectivity index (χ3v) is 2.28. The fourth-order valence-corrected chi connectivity index (χ4v) is 1.40. The minimum absolute atomic E-state index is 0.000662. The minimum atomic E-state index is -0.521. The molecule has 0 saturated heterocycles. The van der Waals surface area contributed by atoms with Crippen LogP contribution in [0.5, 0.6) is 11.8 Å². The molecular weight excluding hydrogens is 281 g/mol. The summed E-state index contributed by atoms with van der Waals surface area (Å²) in [5.41, 5.74) is 0.324. The van der Waals surface area contributed by atoms with Crippen LogP contribution in [-0.2, 0) is 6.61 Å². The normalized spacial score (nSPS) is 10.4. The molecule has 6 heteroatoms. The van der Waals surface area contributed by atoms with Gasteiger partial charge in [0, 0.05) is 4.47 Å². The van der Waals surface area contributed by atoms with Gasteiger partial charge in [-0.1, -0.05) is 15.9 Å². The minimum Gasteiger partial charge on any atom is -0.417 e. The quantitative estimate of drug-likeness (QED) is 0.943. The van der Waals surface area contributed by atoms with Crippen LogP contribution in [0.15, 0.2) is 33.4 Å². The van der Waals surface area contributed by atoms with Crippen molar-refractivity contribution in [2.45, 2.75) is 6.61 Å². The van der Waals surface area contributed by atoms with Crippen molar-refractivity contribution in [1.82, 2.24) is 4.98 Å². The molecule has 0 aliphatic carbocycles. The fourth-order valence-electron chi connectivity index (χ4n) is 1.06. The third-order valence-electron chi connectivity index (χ3n) is 1.78. The largest absolute Gasteiger partial charge is 0.417 e. The molecule has 84 valence electrons. The molecule has 0 aliphatic rings. The molecule has 0 bridgehead atoms. The standard InChI is InChI=1S/C10H7BrFNO3/c11-6-1-2-8(12)9(3-6)16-10-13-7(4-14)5-15-10/h1-3,5,14H,4H2. The SMILES string of the molecule is OCc1coc(Oc2cc(Br)ccc2F)n1. The number of hydrogen-bond acceptors (Lipinski definition) is 4. The molecule has 4 nitrogen and oxygen atoms in total. The van der Waals surface area contributed by atoms with E-state index in [4.69, 9.17) is 14.3 Å². The van der Waals surface area contributed by atoms with Gasteiger partial charge >= 0.3 is 6.08 Å². The first kappa shape index (κ1) is 11.1. The monoisotopic (exact) mass is 287 g/mol. The fraction of sp³-hybridized carbons (Fsp3) is 0.100. The first-order valence-electron chi connectivity index (χ1n) is 4.37. The van der Waals surface area contributed by atoms with E-state index in [0.29, 0.717) is 10.2 Å². The van der Waals surface area contributed by atoms with Gasteiger partial charge in [0.25, 0.3) is 0 Å². The summed E-state index contributed by atoms with van der Waals surface area (Å²) in [5.74, 6) is -0.521. The van der Waals surface area contributed by atoms with Gasteiger partial charge in [-0.05, 0) is 18.2 Å². The number of aliphatic hydroxyl groups is 1. The first-order valence-corrected chi connectivity index (χ1v) is 5.16. The van der Waals surface area contributed by atoms with Crippen molar-refractivity contribution >= 4 is 15.9 Å². The predicted molar refractivity (Wildman–Crippen MR) is 56.6 cm³/mol. The Morgan fingerprint density at radius 1 is 1.50 bits per heavy atom. The molecule has 1 heterocycles. The predicted octanol–water partition coefficient (Wildman–Crippen LogP) is 2.86. The summed E-state index contributed by atoms with van der Waals surface area (Å²) < 4.78 is 23.9. The van der Waals surface area contributed by atoms with Crippen molar-refractivity contribution < 1.29 is 18.7 Å². The van der Waals surface area contributed by atoms with Gasteiger partial charge in [-0.15, -0.1) is 0 Å². The van der Waals surface area contributed by atoms with E-state index < -0.39 is 5.82 Å². The van der Waals surface area contributed by atoms with Gasteiger partial charge in [-0.2, -0.15) is 4.98 Å². The number of benzene rings is 1. The van der Waals surface area contributed by atoms with Gasteiger partial charge in [0.15, 0.2) is 11.6 Å². The maximum Gasteiger partial charge on any atom is 0.399 e.